The summed E-state index contributed by atoms with van der Waals surface area (Å²) in [6.07, 6.45) is 1.51. The normalized spacial score (nSPS) is 10.2. The fraction of sp³-hybridized carbons (Fsp3) is 0.154. The van der Waals surface area contributed by atoms with Crippen LogP contribution in [0, 0.1) is 6.92 Å². The molecule has 2 aromatic rings. The van der Waals surface area contributed by atoms with Crippen molar-refractivity contribution in [2.75, 3.05) is 17.7 Å². The van der Waals surface area contributed by atoms with Crippen LogP contribution in [-0.2, 0) is 0 Å². The first kappa shape index (κ1) is 11.3. The van der Waals surface area contributed by atoms with E-state index < -0.39 is 0 Å². The van der Waals surface area contributed by atoms with Crippen LogP contribution in [0.2, 0.25) is 0 Å². The van der Waals surface area contributed by atoms with Crippen molar-refractivity contribution in [1.82, 2.24) is 0 Å². The van der Waals surface area contributed by atoms with Gasteiger partial charge in [0.25, 0.3) is 5.91 Å². The lowest BCUT2D eigenvalue weighted by Crippen LogP contribution is -2.26. The molecule has 0 aliphatic carbocycles. The number of amides is 1. The number of anilines is 2. The number of rotatable bonds is 2. The quantitative estimate of drug-likeness (QED) is 0.806. The average Bonchev–Trinajstić information content (AvgIpc) is 2.74. The van der Waals surface area contributed by atoms with Gasteiger partial charge in [-0.1, -0.05) is 0 Å². The SMILES string of the molecule is Cc1occc1C(=O)N(C)c1ccc(N)cc1. The second-order valence-corrected chi connectivity index (χ2v) is 3.85. The Kier molecular flexibility index (Phi) is 2.87. The minimum absolute atomic E-state index is 0.0963. The Labute approximate surface area is 99.6 Å². The third kappa shape index (κ3) is 2.15. The zero-order valence-corrected chi connectivity index (χ0v) is 9.81. The van der Waals surface area contributed by atoms with Gasteiger partial charge in [-0.3, -0.25) is 4.79 Å². The predicted octanol–water partition coefficient (Wildman–Crippen LogP) is 2.45. The number of benzene rings is 1. The Morgan fingerprint density at radius 1 is 1.24 bits per heavy atom. The summed E-state index contributed by atoms with van der Waals surface area (Å²) in [6.45, 7) is 1.77. The molecular weight excluding hydrogens is 216 g/mol. The molecule has 0 fully saturated rings. The molecule has 0 aliphatic rings. The van der Waals surface area contributed by atoms with Gasteiger partial charge in [-0.05, 0) is 37.3 Å². The number of carbonyl (C=O) groups is 1. The van der Waals surface area contributed by atoms with E-state index in [-0.39, 0.29) is 5.91 Å². The molecule has 0 bridgehead atoms. The van der Waals surface area contributed by atoms with Gasteiger partial charge in [0.05, 0.1) is 11.8 Å². The van der Waals surface area contributed by atoms with E-state index in [1.165, 1.54) is 6.26 Å². The van der Waals surface area contributed by atoms with Crippen molar-refractivity contribution in [3.63, 3.8) is 0 Å². The fourth-order valence-corrected chi connectivity index (χ4v) is 1.60. The van der Waals surface area contributed by atoms with Crippen LogP contribution < -0.4 is 10.6 Å². The lowest BCUT2D eigenvalue weighted by atomic mass is 10.2. The second kappa shape index (κ2) is 4.33. The second-order valence-electron chi connectivity index (χ2n) is 3.85. The van der Waals surface area contributed by atoms with Gasteiger partial charge in [0.1, 0.15) is 5.76 Å². The Morgan fingerprint density at radius 2 is 1.88 bits per heavy atom. The Bertz CT molecular complexity index is 529. The molecule has 0 saturated heterocycles. The average molecular weight is 230 g/mol. The van der Waals surface area contributed by atoms with Crippen molar-refractivity contribution in [2.24, 2.45) is 0 Å². The molecule has 1 amide bonds. The van der Waals surface area contributed by atoms with Crippen molar-refractivity contribution in [1.29, 1.82) is 0 Å². The fourth-order valence-electron chi connectivity index (χ4n) is 1.60. The molecule has 0 aliphatic heterocycles. The summed E-state index contributed by atoms with van der Waals surface area (Å²) in [5.74, 6) is 0.526. The zero-order chi connectivity index (χ0) is 12.4. The van der Waals surface area contributed by atoms with E-state index in [2.05, 4.69) is 0 Å². The molecule has 0 radical (unpaired) electrons. The third-order valence-corrected chi connectivity index (χ3v) is 2.67. The molecule has 0 unspecified atom stereocenters. The van der Waals surface area contributed by atoms with Gasteiger partial charge in [-0.15, -0.1) is 0 Å². The molecule has 88 valence electrons. The maximum atomic E-state index is 12.1. The molecule has 1 aromatic heterocycles. The number of carbonyl (C=O) groups excluding carboxylic acids is 1. The van der Waals surface area contributed by atoms with E-state index in [9.17, 15) is 4.79 Å². The Morgan fingerprint density at radius 3 is 2.41 bits per heavy atom. The summed E-state index contributed by atoms with van der Waals surface area (Å²) < 4.78 is 5.12. The van der Waals surface area contributed by atoms with Gasteiger partial charge in [0.15, 0.2) is 0 Å². The highest BCUT2D eigenvalue weighted by Gasteiger charge is 2.17. The Balaban J connectivity index is 2.26. The maximum Gasteiger partial charge on any atom is 0.261 e. The van der Waals surface area contributed by atoms with E-state index in [0.717, 1.165) is 5.69 Å². The monoisotopic (exact) mass is 230 g/mol. The molecule has 0 saturated carbocycles. The van der Waals surface area contributed by atoms with Crippen LogP contribution in [-0.4, -0.2) is 13.0 Å². The summed E-state index contributed by atoms with van der Waals surface area (Å²) in [4.78, 5) is 13.7. The molecule has 2 rings (SSSR count). The van der Waals surface area contributed by atoms with Gasteiger partial charge < -0.3 is 15.1 Å². The molecular formula is C13H14N2O2. The number of hydrogen-bond acceptors (Lipinski definition) is 3. The standard InChI is InChI=1S/C13H14N2O2/c1-9-12(7-8-17-9)13(16)15(2)11-5-3-10(14)4-6-11/h3-8H,14H2,1-2H3. The summed E-state index contributed by atoms with van der Waals surface area (Å²) in [6, 6.07) is 8.82. The van der Waals surface area contributed by atoms with Crippen molar-refractivity contribution in [3.05, 3.63) is 47.9 Å². The molecule has 1 aromatic carbocycles. The number of hydrogen-bond donors (Lipinski definition) is 1. The molecule has 0 spiro atoms. The first-order valence-electron chi connectivity index (χ1n) is 5.27. The first-order chi connectivity index (χ1) is 8.09. The number of furan rings is 1. The Hall–Kier alpha value is -2.23. The molecule has 17 heavy (non-hydrogen) atoms. The van der Waals surface area contributed by atoms with Gasteiger partial charge in [0.2, 0.25) is 0 Å². The van der Waals surface area contributed by atoms with Crippen LogP contribution in [0.3, 0.4) is 0 Å². The maximum absolute atomic E-state index is 12.1. The lowest BCUT2D eigenvalue weighted by Gasteiger charge is -2.16. The van der Waals surface area contributed by atoms with E-state index in [4.69, 9.17) is 10.2 Å². The predicted molar refractivity (Wildman–Crippen MR) is 67.0 cm³/mol. The van der Waals surface area contributed by atoms with Gasteiger partial charge in [-0.25, -0.2) is 0 Å². The van der Waals surface area contributed by atoms with E-state index in [0.29, 0.717) is 17.0 Å². The topological polar surface area (TPSA) is 59.5 Å². The van der Waals surface area contributed by atoms with Crippen LogP contribution in [0.15, 0.2) is 41.0 Å². The van der Waals surface area contributed by atoms with E-state index in [1.54, 1.807) is 37.1 Å². The minimum Gasteiger partial charge on any atom is -0.469 e. The number of nitrogen functional groups attached to an aromatic ring is 1. The molecule has 2 N–H and O–H groups in total. The number of nitrogens with zero attached hydrogens (tertiary/aromatic N) is 1. The van der Waals surface area contributed by atoms with Gasteiger partial charge in [0, 0.05) is 18.4 Å². The highest BCUT2D eigenvalue weighted by molar-refractivity contribution is 6.06. The van der Waals surface area contributed by atoms with Crippen molar-refractivity contribution < 1.29 is 9.21 Å². The summed E-state index contributed by atoms with van der Waals surface area (Å²) >= 11 is 0. The molecule has 4 heteroatoms. The third-order valence-electron chi connectivity index (χ3n) is 2.67. The summed E-state index contributed by atoms with van der Waals surface area (Å²) in [7, 11) is 1.72. The van der Waals surface area contributed by atoms with Crippen LogP contribution in [0.4, 0.5) is 11.4 Å². The van der Waals surface area contributed by atoms with Crippen molar-refractivity contribution in [2.45, 2.75) is 6.92 Å². The molecule has 4 nitrogen and oxygen atoms in total. The smallest absolute Gasteiger partial charge is 0.261 e. The highest BCUT2D eigenvalue weighted by Crippen LogP contribution is 2.19. The molecule has 0 atom stereocenters. The van der Waals surface area contributed by atoms with Crippen LogP contribution in [0.25, 0.3) is 0 Å². The van der Waals surface area contributed by atoms with Crippen LogP contribution >= 0.6 is 0 Å². The summed E-state index contributed by atoms with van der Waals surface area (Å²) in [5, 5.41) is 0. The van der Waals surface area contributed by atoms with Crippen molar-refractivity contribution >= 4 is 17.3 Å². The van der Waals surface area contributed by atoms with Crippen molar-refractivity contribution in [3.8, 4) is 0 Å². The highest BCUT2D eigenvalue weighted by atomic mass is 16.3. The molecule has 1 heterocycles. The summed E-state index contributed by atoms with van der Waals surface area (Å²) in [5.41, 5.74) is 7.65. The van der Waals surface area contributed by atoms with E-state index in [1.807, 2.05) is 12.1 Å². The van der Waals surface area contributed by atoms with E-state index >= 15 is 0 Å². The van der Waals surface area contributed by atoms with Crippen LogP contribution in [0.1, 0.15) is 16.1 Å². The largest absolute Gasteiger partial charge is 0.469 e. The zero-order valence-electron chi connectivity index (χ0n) is 9.81. The minimum atomic E-state index is -0.0963. The lowest BCUT2D eigenvalue weighted by molar-refractivity contribution is 0.0991. The van der Waals surface area contributed by atoms with Gasteiger partial charge in [-0.2, -0.15) is 0 Å². The van der Waals surface area contributed by atoms with Crippen LogP contribution in [0.5, 0.6) is 0 Å². The van der Waals surface area contributed by atoms with Gasteiger partial charge >= 0.3 is 0 Å². The first-order valence-corrected chi connectivity index (χ1v) is 5.27. The number of aryl methyl sites for hydroxylation is 1. The number of nitrogens with two attached hydrogens (primary N) is 1.